The molecule has 0 radical (unpaired) electrons. The van der Waals surface area contributed by atoms with E-state index in [2.05, 4.69) is 26.2 Å². The Hall–Kier alpha value is -1.54. The van der Waals surface area contributed by atoms with Gasteiger partial charge in [-0.1, -0.05) is 15.9 Å². The van der Waals surface area contributed by atoms with Gasteiger partial charge >= 0.3 is 5.97 Å². The Kier molecular flexibility index (Phi) is 4.66. The molecule has 106 valence electrons. The number of carboxylic acids is 1. The van der Waals surface area contributed by atoms with Gasteiger partial charge in [-0.25, -0.2) is 13.8 Å². The molecule has 0 bridgehead atoms. The number of halogens is 3. The summed E-state index contributed by atoms with van der Waals surface area (Å²) in [6.07, 6.45) is 0.239. The molecule has 1 heterocycles. The molecule has 8 heteroatoms. The summed E-state index contributed by atoms with van der Waals surface area (Å²) >= 11 is 4.15. The maximum atomic E-state index is 13.6. The lowest BCUT2D eigenvalue weighted by Crippen LogP contribution is -1.99. The summed E-state index contributed by atoms with van der Waals surface area (Å²) in [6, 6.07) is 2.29. The zero-order chi connectivity index (χ0) is 14.7. The molecule has 4 nitrogen and oxygen atoms in total. The average molecular weight is 363 g/mol. The fraction of sp³-hybridized carbons (Fsp3) is 0.167. The zero-order valence-electron chi connectivity index (χ0n) is 9.99. The number of aliphatic carboxylic acids is 1. The lowest BCUT2D eigenvalue weighted by Gasteiger charge is -2.06. The van der Waals surface area contributed by atoms with Crippen LogP contribution < -0.4 is 5.32 Å². The van der Waals surface area contributed by atoms with E-state index >= 15 is 0 Å². The van der Waals surface area contributed by atoms with Crippen molar-refractivity contribution >= 4 is 44.1 Å². The third-order valence-corrected chi connectivity index (χ3v) is 3.65. The second kappa shape index (κ2) is 6.27. The highest BCUT2D eigenvalue weighted by Crippen LogP contribution is 2.28. The minimum Gasteiger partial charge on any atom is -0.481 e. The SMILES string of the molecule is O=C(O)CCc1csc(Nc2c(F)cc(Br)cc2F)n1. The Balaban J connectivity index is 2.13. The van der Waals surface area contributed by atoms with Crippen LogP contribution in [-0.2, 0) is 11.2 Å². The first kappa shape index (κ1) is 14.9. The Labute approximate surface area is 125 Å². The number of hydrogen-bond acceptors (Lipinski definition) is 4. The average Bonchev–Trinajstić information content (AvgIpc) is 2.79. The monoisotopic (exact) mass is 362 g/mol. The van der Waals surface area contributed by atoms with Crippen LogP contribution in [0.1, 0.15) is 12.1 Å². The lowest BCUT2D eigenvalue weighted by molar-refractivity contribution is -0.136. The van der Waals surface area contributed by atoms with Crippen molar-refractivity contribution in [2.24, 2.45) is 0 Å². The van der Waals surface area contributed by atoms with Crippen molar-refractivity contribution in [3.8, 4) is 0 Å². The molecule has 2 rings (SSSR count). The van der Waals surface area contributed by atoms with Gasteiger partial charge in [-0.05, 0) is 12.1 Å². The van der Waals surface area contributed by atoms with Gasteiger partial charge in [0.2, 0.25) is 0 Å². The van der Waals surface area contributed by atoms with Crippen LogP contribution in [0.15, 0.2) is 22.0 Å². The molecule has 0 atom stereocenters. The molecule has 0 fully saturated rings. The fourth-order valence-electron chi connectivity index (χ4n) is 1.48. The Morgan fingerprint density at radius 1 is 1.40 bits per heavy atom. The highest BCUT2D eigenvalue weighted by Gasteiger charge is 2.12. The molecule has 2 N–H and O–H groups in total. The minimum atomic E-state index is -0.919. The normalized spacial score (nSPS) is 10.6. The summed E-state index contributed by atoms with van der Waals surface area (Å²) in [5.74, 6) is -2.39. The van der Waals surface area contributed by atoms with Crippen molar-refractivity contribution in [2.75, 3.05) is 5.32 Å². The molecule has 0 unspecified atom stereocenters. The first-order chi connectivity index (χ1) is 9.45. The zero-order valence-corrected chi connectivity index (χ0v) is 12.4. The van der Waals surface area contributed by atoms with E-state index in [0.29, 0.717) is 15.3 Å². The molecule has 0 aliphatic rings. The van der Waals surface area contributed by atoms with Crippen molar-refractivity contribution < 1.29 is 18.7 Å². The second-order valence-corrected chi connectivity index (χ2v) is 5.68. The van der Waals surface area contributed by atoms with Crippen LogP contribution in [-0.4, -0.2) is 16.1 Å². The predicted octanol–water partition coefficient (Wildman–Crippen LogP) is 3.94. The highest BCUT2D eigenvalue weighted by molar-refractivity contribution is 9.10. The summed E-state index contributed by atoms with van der Waals surface area (Å²) < 4.78 is 27.6. The third-order valence-electron chi connectivity index (χ3n) is 2.39. The molecule has 0 aliphatic heterocycles. The maximum Gasteiger partial charge on any atom is 0.303 e. The Morgan fingerprint density at radius 3 is 2.65 bits per heavy atom. The topological polar surface area (TPSA) is 62.2 Å². The van der Waals surface area contributed by atoms with Crippen LogP contribution in [0, 0.1) is 11.6 Å². The number of nitrogens with one attached hydrogen (secondary N) is 1. The van der Waals surface area contributed by atoms with E-state index < -0.39 is 17.6 Å². The molecule has 1 aromatic heterocycles. The van der Waals surface area contributed by atoms with Crippen LogP contribution in [0.4, 0.5) is 19.6 Å². The van der Waals surface area contributed by atoms with Crippen molar-refractivity contribution in [2.45, 2.75) is 12.8 Å². The first-order valence-corrected chi connectivity index (χ1v) is 7.20. The number of aromatic nitrogens is 1. The summed E-state index contributed by atoms with van der Waals surface area (Å²) in [6.45, 7) is 0. The summed E-state index contributed by atoms with van der Waals surface area (Å²) in [7, 11) is 0. The van der Waals surface area contributed by atoms with E-state index in [9.17, 15) is 13.6 Å². The fourth-order valence-corrected chi connectivity index (χ4v) is 2.63. The van der Waals surface area contributed by atoms with E-state index in [4.69, 9.17) is 5.11 Å². The predicted molar refractivity (Wildman–Crippen MR) is 75.4 cm³/mol. The lowest BCUT2D eigenvalue weighted by atomic mass is 10.2. The molecular formula is C12H9BrF2N2O2S. The molecule has 0 aliphatic carbocycles. The van der Waals surface area contributed by atoms with E-state index in [0.717, 1.165) is 23.5 Å². The van der Waals surface area contributed by atoms with Gasteiger partial charge in [-0.3, -0.25) is 4.79 Å². The number of anilines is 2. The van der Waals surface area contributed by atoms with Crippen LogP contribution in [0.5, 0.6) is 0 Å². The molecule has 20 heavy (non-hydrogen) atoms. The van der Waals surface area contributed by atoms with Crippen molar-refractivity contribution in [3.63, 3.8) is 0 Å². The highest BCUT2D eigenvalue weighted by atomic mass is 79.9. The molecule has 1 aromatic carbocycles. The van der Waals surface area contributed by atoms with Gasteiger partial charge in [0.15, 0.2) is 16.8 Å². The van der Waals surface area contributed by atoms with Gasteiger partial charge in [0.25, 0.3) is 0 Å². The van der Waals surface area contributed by atoms with Gasteiger partial charge in [0.1, 0.15) is 5.69 Å². The van der Waals surface area contributed by atoms with Gasteiger partial charge in [0, 0.05) is 16.3 Å². The number of thiazole rings is 1. The molecule has 0 saturated heterocycles. The summed E-state index contributed by atoms with van der Waals surface area (Å²) in [4.78, 5) is 14.5. The smallest absolute Gasteiger partial charge is 0.303 e. The van der Waals surface area contributed by atoms with Gasteiger partial charge < -0.3 is 10.4 Å². The molecule has 0 amide bonds. The summed E-state index contributed by atoms with van der Waals surface area (Å²) in [5, 5.41) is 13.1. The molecular weight excluding hydrogens is 354 g/mol. The van der Waals surface area contributed by atoms with Crippen LogP contribution >= 0.6 is 27.3 Å². The number of aryl methyl sites for hydroxylation is 1. The van der Waals surface area contributed by atoms with E-state index in [1.165, 1.54) is 0 Å². The van der Waals surface area contributed by atoms with E-state index in [1.54, 1.807) is 5.38 Å². The number of nitrogens with zero attached hydrogens (tertiary/aromatic N) is 1. The van der Waals surface area contributed by atoms with Crippen LogP contribution in [0.25, 0.3) is 0 Å². The van der Waals surface area contributed by atoms with Gasteiger partial charge in [-0.2, -0.15) is 0 Å². The van der Waals surface area contributed by atoms with Gasteiger partial charge in [-0.15, -0.1) is 11.3 Å². The quantitative estimate of drug-likeness (QED) is 0.845. The van der Waals surface area contributed by atoms with Crippen molar-refractivity contribution in [1.82, 2.24) is 4.98 Å². The first-order valence-electron chi connectivity index (χ1n) is 5.53. The number of carbonyl (C=O) groups is 1. The second-order valence-electron chi connectivity index (χ2n) is 3.91. The third kappa shape index (κ3) is 3.73. The number of rotatable bonds is 5. The van der Waals surface area contributed by atoms with E-state index in [-0.39, 0.29) is 18.5 Å². The van der Waals surface area contributed by atoms with Crippen molar-refractivity contribution in [1.29, 1.82) is 0 Å². The number of benzene rings is 1. The maximum absolute atomic E-state index is 13.6. The van der Waals surface area contributed by atoms with Crippen LogP contribution in [0.3, 0.4) is 0 Å². The Bertz CT molecular complexity index is 625. The minimum absolute atomic E-state index is 0.0375. The standard InChI is InChI=1S/C12H9BrF2N2O2S/c13-6-3-8(14)11(9(15)4-6)17-12-16-7(5-20-12)1-2-10(18)19/h3-5H,1-2H2,(H,16,17)(H,18,19). The molecule has 2 aromatic rings. The molecule has 0 spiro atoms. The Morgan fingerprint density at radius 2 is 2.05 bits per heavy atom. The number of hydrogen-bond donors (Lipinski definition) is 2. The van der Waals surface area contributed by atoms with Gasteiger partial charge in [0.05, 0.1) is 12.1 Å². The summed E-state index contributed by atoms with van der Waals surface area (Å²) in [5.41, 5.74) is 0.283. The van der Waals surface area contributed by atoms with Crippen molar-refractivity contribution in [3.05, 3.63) is 39.3 Å². The number of carboxylic acid groups (broad SMARTS) is 1. The largest absolute Gasteiger partial charge is 0.481 e. The molecule has 0 saturated carbocycles. The van der Waals surface area contributed by atoms with E-state index in [1.807, 2.05) is 0 Å². The van der Waals surface area contributed by atoms with Crippen LogP contribution in [0.2, 0.25) is 0 Å².